The zero-order chi connectivity index (χ0) is 13.9. The van der Waals surface area contributed by atoms with Crippen LogP contribution in [-0.2, 0) is 9.47 Å². The van der Waals surface area contributed by atoms with Gasteiger partial charge in [-0.25, -0.2) is 4.39 Å². The second-order valence-corrected chi connectivity index (χ2v) is 4.37. The Kier molecular flexibility index (Phi) is 2.94. The normalized spacial score (nSPS) is 38.5. The first-order chi connectivity index (χ1) is 7.16. The largest absolute Gasteiger partial charge is 0.453 e. The van der Waals surface area contributed by atoms with E-state index in [9.17, 15) is 30.7 Å². The van der Waals surface area contributed by atoms with Crippen LogP contribution in [0, 0.1) is 0 Å². The lowest BCUT2D eigenvalue weighted by atomic mass is 10.2. The molecule has 1 aliphatic rings. The number of alkyl halides is 8. The Balaban J connectivity index is 3.34. The van der Waals surface area contributed by atoms with E-state index in [0.717, 1.165) is 0 Å². The van der Waals surface area contributed by atoms with Crippen molar-refractivity contribution in [3.8, 4) is 0 Å². The van der Waals surface area contributed by atoms with E-state index in [4.69, 9.17) is 11.6 Å². The molecule has 17 heavy (non-hydrogen) atoms. The highest BCUT2D eigenvalue weighted by Gasteiger charge is 2.83. The lowest BCUT2D eigenvalue weighted by Crippen LogP contribution is -2.58. The Labute approximate surface area is 95.6 Å². The molecule has 1 heterocycles. The maximum absolute atomic E-state index is 13.5. The van der Waals surface area contributed by atoms with E-state index in [1.54, 1.807) is 0 Å². The van der Waals surface area contributed by atoms with Gasteiger partial charge in [0.25, 0.3) is 5.85 Å². The van der Waals surface area contributed by atoms with Crippen LogP contribution < -0.4 is 0 Å². The molecule has 1 saturated heterocycles. The molecular formula is C7H6ClF7O2. The van der Waals surface area contributed by atoms with Crippen molar-refractivity contribution in [3.63, 3.8) is 0 Å². The van der Waals surface area contributed by atoms with Gasteiger partial charge in [-0.2, -0.15) is 26.3 Å². The monoisotopic (exact) mass is 290 g/mol. The van der Waals surface area contributed by atoms with E-state index in [1.807, 2.05) is 0 Å². The highest BCUT2D eigenvalue weighted by molar-refractivity contribution is 6.23. The summed E-state index contributed by atoms with van der Waals surface area (Å²) in [5, 5.41) is -2.92. The molecule has 0 radical (unpaired) electrons. The summed E-state index contributed by atoms with van der Waals surface area (Å²) in [6.07, 6.45) is -12.0. The predicted octanol–water partition coefficient (Wildman–Crippen LogP) is 3.49. The van der Waals surface area contributed by atoms with Crippen LogP contribution in [0.1, 0.15) is 13.8 Å². The van der Waals surface area contributed by atoms with Gasteiger partial charge in [-0.15, -0.1) is 0 Å². The first kappa shape index (κ1) is 14.8. The maximum atomic E-state index is 13.5. The van der Waals surface area contributed by atoms with Crippen molar-refractivity contribution in [1.29, 1.82) is 0 Å². The predicted molar refractivity (Wildman–Crippen MR) is 40.8 cm³/mol. The molecule has 0 saturated carbocycles. The standard InChI is InChI=1S/C7H6ClF7O2/c1-3(8)4(2,9)17-5(16-3,6(10,11)12)7(13,14)15/h1-2H3. The molecular weight excluding hydrogens is 285 g/mol. The summed E-state index contributed by atoms with van der Waals surface area (Å²) in [6.45, 7) is 0.826. The van der Waals surface area contributed by atoms with Crippen molar-refractivity contribution in [2.24, 2.45) is 0 Å². The minimum Gasteiger partial charge on any atom is -0.307 e. The highest BCUT2D eigenvalue weighted by atomic mass is 35.5. The summed E-state index contributed by atoms with van der Waals surface area (Å²) in [7, 11) is 0. The molecule has 0 aromatic rings. The number of hydrogen-bond acceptors (Lipinski definition) is 2. The molecule has 10 heteroatoms. The number of hydrogen-bond donors (Lipinski definition) is 0. The number of halogens is 8. The molecule has 2 nitrogen and oxygen atoms in total. The SMILES string of the molecule is CC1(F)OC(C(F)(F)F)(C(F)(F)F)OC1(C)Cl. The summed E-state index contributed by atoms with van der Waals surface area (Å²) in [4.78, 5) is 0. The molecule has 0 spiro atoms. The van der Waals surface area contributed by atoms with Gasteiger partial charge in [-0.3, -0.25) is 4.74 Å². The number of ether oxygens (including phenoxy) is 2. The Bertz CT molecular complexity index is 287. The van der Waals surface area contributed by atoms with Crippen molar-refractivity contribution < 1.29 is 40.2 Å². The Morgan fingerprint density at radius 3 is 1.35 bits per heavy atom. The van der Waals surface area contributed by atoms with E-state index in [-0.39, 0.29) is 0 Å². The topological polar surface area (TPSA) is 18.5 Å². The fourth-order valence-corrected chi connectivity index (χ4v) is 1.28. The third kappa shape index (κ3) is 1.97. The van der Waals surface area contributed by atoms with Gasteiger partial charge in [0.1, 0.15) is 0 Å². The van der Waals surface area contributed by atoms with Crippen LogP contribution in [0.2, 0.25) is 0 Å². The first-order valence-corrected chi connectivity index (χ1v) is 4.46. The van der Waals surface area contributed by atoms with E-state index < -0.39 is 29.1 Å². The van der Waals surface area contributed by atoms with Gasteiger partial charge in [0.05, 0.1) is 0 Å². The molecule has 0 aliphatic carbocycles. The molecule has 1 rings (SSSR count). The van der Waals surface area contributed by atoms with Gasteiger partial charge < -0.3 is 4.74 Å². The van der Waals surface area contributed by atoms with Gasteiger partial charge in [0.15, 0.2) is 0 Å². The van der Waals surface area contributed by atoms with Crippen LogP contribution in [0.3, 0.4) is 0 Å². The van der Waals surface area contributed by atoms with E-state index in [2.05, 4.69) is 9.47 Å². The zero-order valence-corrected chi connectivity index (χ0v) is 9.10. The molecule has 2 atom stereocenters. The third-order valence-electron chi connectivity index (χ3n) is 2.21. The quantitative estimate of drug-likeness (QED) is 0.502. The van der Waals surface area contributed by atoms with E-state index in [0.29, 0.717) is 13.8 Å². The Hall–Kier alpha value is -0.280. The van der Waals surface area contributed by atoms with Gasteiger partial charge in [0, 0.05) is 0 Å². The molecule has 0 aromatic heterocycles. The minimum absolute atomic E-state index is 0.319. The minimum atomic E-state index is -6.02. The highest BCUT2D eigenvalue weighted by Crippen LogP contribution is 2.59. The molecule has 2 unspecified atom stereocenters. The second kappa shape index (κ2) is 3.39. The van der Waals surface area contributed by atoms with Crippen molar-refractivity contribution in [2.75, 3.05) is 0 Å². The smallest absolute Gasteiger partial charge is 0.307 e. The Morgan fingerprint density at radius 1 is 0.882 bits per heavy atom. The third-order valence-corrected chi connectivity index (χ3v) is 2.63. The second-order valence-electron chi connectivity index (χ2n) is 3.65. The van der Waals surface area contributed by atoms with Crippen molar-refractivity contribution in [1.82, 2.24) is 0 Å². The van der Waals surface area contributed by atoms with Crippen LogP contribution in [-0.4, -0.2) is 29.1 Å². The van der Waals surface area contributed by atoms with Crippen LogP contribution >= 0.6 is 11.6 Å². The average molecular weight is 291 g/mol. The first-order valence-electron chi connectivity index (χ1n) is 4.08. The summed E-state index contributed by atoms with van der Waals surface area (Å²) < 4.78 is 94.9. The van der Waals surface area contributed by atoms with Crippen molar-refractivity contribution >= 4 is 11.6 Å². The lowest BCUT2D eigenvalue weighted by molar-refractivity contribution is -0.454. The van der Waals surface area contributed by atoms with Gasteiger partial charge in [-0.05, 0) is 13.8 Å². The molecule has 0 N–H and O–H groups in total. The molecule has 1 fully saturated rings. The average Bonchev–Trinajstić information content (AvgIpc) is 2.15. The van der Waals surface area contributed by atoms with E-state index in [1.165, 1.54) is 0 Å². The van der Waals surface area contributed by atoms with Crippen LogP contribution in [0.25, 0.3) is 0 Å². The summed E-state index contributed by atoms with van der Waals surface area (Å²) in [5.74, 6) is -8.53. The zero-order valence-electron chi connectivity index (χ0n) is 8.34. The van der Waals surface area contributed by atoms with Crippen molar-refractivity contribution in [3.05, 3.63) is 0 Å². The van der Waals surface area contributed by atoms with Gasteiger partial charge in [-0.1, -0.05) is 11.6 Å². The van der Waals surface area contributed by atoms with Crippen LogP contribution in [0.4, 0.5) is 30.7 Å². The van der Waals surface area contributed by atoms with Crippen LogP contribution in [0.15, 0.2) is 0 Å². The van der Waals surface area contributed by atoms with Gasteiger partial charge in [0.2, 0.25) is 5.06 Å². The van der Waals surface area contributed by atoms with Gasteiger partial charge >= 0.3 is 18.1 Å². The van der Waals surface area contributed by atoms with E-state index >= 15 is 0 Å². The molecule has 1 aliphatic heterocycles. The summed E-state index contributed by atoms with van der Waals surface area (Å²) in [6, 6.07) is 0. The molecule has 0 aromatic carbocycles. The summed E-state index contributed by atoms with van der Waals surface area (Å²) in [5.41, 5.74) is 0. The number of rotatable bonds is 0. The Morgan fingerprint density at radius 2 is 1.24 bits per heavy atom. The summed E-state index contributed by atoms with van der Waals surface area (Å²) >= 11 is 5.13. The maximum Gasteiger partial charge on any atom is 0.453 e. The fourth-order valence-electron chi connectivity index (χ4n) is 1.14. The van der Waals surface area contributed by atoms with Crippen molar-refractivity contribution in [2.45, 2.75) is 42.9 Å². The fraction of sp³-hybridized carbons (Fsp3) is 1.00. The molecule has 0 bridgehead atoms. The molecule has 0 amide bonds. The lowest BCUT2D eigenvalue weighted by Gasteiger charge is -2.31. The molecule has 102 valence electrons. The van der Waals surface area contributed by atoms with Crippen LogP contribution in [0.5, 0.6) is 0 Å².